The maximum atomic E-state index is 13.0. The van der Waals surface area contributed by atoms with Crippen molar-refractivity contribution >= 4 is 35.7 Å². The van der Waals surface area contributed by atoms with Gasteiger partial charge in [0.2, 0.25) is 0 Å². The van der Waals surface area contributed by atoms with E-state index in [1.54, 1.807) is 52.0 Å². The number of esters is 4. The molecule has 0 aliphatic rings. The van der Waals surface area contributed by atoms with Crippen LogP contribution >= 0.6 is 0 Å². The maximum absolute atomic E-state index is 13.0. The minimum atomic E-state index is -1.03. The molecule has 2 heterocycles. The summed E-state index contributed by atoms with van der Waals surface area (Å²) in [5.41, 5.74) is 0.325. The highest BCUT2D eigenvalue weighted by Crippen LogP contribution is 2.13. The summed E-state index contributed by atoms with van der Waals surface area (Å²) in [6.07, 6.45) is 2.22. The van der Waals surface area contributed by atoms with Crippen molar-refractivity contribution in [2.24, 2.45) is 11.8 Å². The van der Waals surface area contributed by atoms with Crippen LogP contribution in [0.2, 0.25) is 0 Å². The summed E-state index contributed by atoms with van der Waals surface area (Å²) in [5.74, 6) is -5.61. The molecule has 16 nitrogen and oxygen atoms in total. The van der Waals surface area contributed by atoms with Gasteiger partial charge in [-0.15, -0.1) is 0 Å². The van der Waals surface area contributed by atoms with Crippen molar-refractivity contribution in [2.45, 2.75) is 53.0 Å². The average Bonchev–Trinajstić information content (AvgIpc) is 3.84. The quantitative estimate of drug-likeness (QED) is 0.0703. The van der Waals surface area contributed by atoms with Crippen molar-refractivity contribution in [1.29, 1.82) is 0 Å². The Morgan fingerprint density at radius 1 is 0.577 bits per heavy atom. The summed E-state index contributed by atoms with van der Waals surface area (Å²) in [6, 6.07) is 16.0. The molecule has 16 heteroatoms. The Morgan fingerprint density at radius 2 is 0.942 bits per heavy atom. The summed E-state index contributed by atoms with van der Waals surface area (Å²) in [6.45, 7) is 6.07. The number of aromatic amines is 2. The first-order chi connectivity index (χ1) is 25.0. The second-order valence-corrected chi connectivity index (χ2v) is 12.1. The topological polar surface area (TPSA) is 221 Å². The van der Waals surface area contributed by atoms with Gasteiger partial charge in [0.1, 0.15) is 38.5 Å². The maximum Gasteiger partial charge on any atom is 0.357 e. The van der Waals surface area contributed by atoms with Crippen LogP contribution in [0.5, 0.6) is 0 Å². The highest BCUT2D eigenvalue weighted by Gasteiger charge is 2.31. The predicted octanol–water partition coefficient (Wildman–Crippen LogP) is 3.14. The Balaban J connectivity index is 1.26. The molecule has 0 aliphatic carbocycles. The lowest BCUT2D eigenvalue weighted by Crippen LogP contribution is -2.45. The molecule has 2 amide bonds. The van der Waals surface area contributed by atoms with Gasteiger partial charge in [-0.05, 0) is 23.0 Å². The van der Waals surface area contributed by atoms with Gasteiger partial charge < -0.3 is 39.5 Å². The highest BCUT2D eigenvalue weighted by molar-refractivity contribution is 6.04. The van der Waals surface area contributed by atoms with Crippen molar-refractivity contribution in [3.8, 4) is 0 Å². The van der Waals surface area contributed by atoms with Gasteiger partial charge in [0.25, 0.3) is 11.8 Å². The van der Waals surface area contributed by atoms with Crippen molar-refractivity contribution in [1.82, 2.24) is 30.6 Å². The fraction of sp³-hybridized carbons (Fsp3) is 0.333. The van der Waals surface area contributed by atoms with E-state index in [0.29, 0.717) is 0 Å². The zero-order valence-electron chi connectivity index (χ0n) is 29.0. The SMILES string of the molecule is CC(C)C(NC(=O)c1nc[nH]c1C(=O)OCCOC(=O)c1[nH]cnc1C(=O)NC(C(=O)OCc1ccccc1)C(C)C)C(=O)OCc1ccccc1. The van der Waals surface area contributed by atoms with Gasteiger partial charge in [-0.1, -0.05) is 88.4 Å². The number of nitrogens with one attached hydrogen (secondary N) is 4. The predicted molar refractivity (Wildman–Crippen MR) is 182 cm³/mol. The van der Waals surface area contributed by atoms with E-state index in [0.717, 1.165) is 23.8 Å². The number of nitrogens with zero attached hydrogens (tertiary/aromatic N) is 2. The van der Waals surface area contributed by atoms with Gasteiger partial charge in [-0.25, -0.2) is 29.1 Å². The molecule has 2 aromatic heterocycles. The van der Waals surface area contributed by atoms with E-state index >= 15 is 0 Å². The molecular formula is C36H40N6O10. The largest absolute Gasteiger partial charge is 0.459 e. The third-order valence-electron chi connectivity index (χ3n) is 7.53. The summed E-state index contributed by atoms with van der Waals surface area (Å²) in [7, 11) is 0. The minimum absolute atomic E-state index is 0.0167. The lowest BCUT2D eigenvalue weighted by atomic mass is 10.0. The van der Waals surface area contributed by atoms with E-state index in [-0.39, 0.29) is 47.8 Å². The molecule has 0 radical (unpaired) electrons. The van der Waals surface area contributed by atoms with E-state index in [1.807, 2.05) is 36.4 Å². The normalized spacial score (nSPS) is 12.0. The molecule has 274 valence electrons. The molecule has 0 saturated heterocycles. The lowest BCUT2D eigenvalue weighted by molar-refractivity contribution is -0.149. The average molecular weight is 717 g/mol. The van der Waals surface area contributed by atoms with Crippen molar-refractivity contribution in [3.05, 3.63) is 107 Å². The number of amides is 2. The number of aromatic nitrogens is 4. The Kier molecular flexibility index (Phi) is 13.8. The summed E-state index contributed by atoms with van der Waals surface area (Å²) < 4.78 is 21.1. The van der Waals surface area contributed by atoms with Crippen LogP contribution < -0.4 is 10.6 Å². The van der Waals surface area contributed by atoms with Crippen molar-refractivity contribution in [2.75, 3.05) is 13.2 Å². The second-order valence-electron chi connectivity index (χ2n) is 12.1. The van der Waals surface area contributed by atoms with Gasteiger partial charge in [-0.3, -0.25) is 9.59 Å². The standard InChI is InChI=1S/C36H40N6O10/c1-21(2)25(33(45)51-17-23-11-7-5-8-12-23)41-31(43)27-29(39-19-37-27)35(47)49-15-16-50-36(48)30-28(38-20-40-30)32(44)42-26(22(3)4)34(46)52-18-24-13-9-6-10-14-24/h5-14,19-22,25-26H,15-18H2,1-4H3,(H,37,39)(H,38,40)(H,41,43)(H,42,44). The van der Waals surface area contributed by atoms with Crippen LogP contribution in [0.4, 0.5) is 0 Å². The molecule has 0 aliphatic heterocycles. The Hall–Kier alpha value is -6.32. The van der Waals surface area contributed by atoms with Gasteiger partial charge in [0, 0.05) is 0 Å². The summed E-state index contributed by atoms with van der Waals surface area (Å²) >= 11 is 0. The molecule has 0 saturated carbocycles. The van der Waals surface area contributed by atoms with E-state index in [1.165, 1.54) is 0 Å². The van der Waals surface area contributed by atoms with Gasteiger partial charge >= 0.3 is 23.9 Å². The van der Waals surface area contributed by atoms with Gasteiger partial charge in [-0.2, -0.15) is 0 Å². The molecule has 0 spiro atoms. The number of carbonyl (C=O) groups is 6. The van der Waals surface area contributed by atoms with Gasteiger partial charge in [0.15, 0.2) is 22.8 Å². The third-order valence-corrected chi connectivity index (χ3v) is 7.53. The van der Waals surface area contributed by atoms with Gasteiger partial charge in [0.05, 0.1) is 12.7 Å². The molecule has 0 bridgehead atoms. The first kappa shape index (κ1) is 38.5. The number of carbonyl (C=O) groups excluding carboxylic acids is 6. The molecule has 0 fully saturated rings. The Labute approximate surface area is 299 Å². The Bertz CT molecular complexity index is 1700. The van der Waals surface area contributed by atoms with Crippen LogP contribution in [0.1, 0.15) is 80.8 Å². The number of ether oxygens (including phenoxy) is 4. The van der Waals surface area contributed by atoms with Crippen LogP contribution in [0.25, 0.3) is 0 Å². The van der Waals surface area contributed by atoms with E-state index in [9.17, 15) is 28.8 Å². The zero-order valence-corrected chi connectivity index (χ0v) is 29.0. The fourth-order valence-corrected chi connectivity index (χ4v) is 4.71. The number of hydrogen-bond acceptors (Lipinski definition) is 12. The first-order valence-corrected chi connectivity index (χ1v) is 16.4. The molecule has 2 aromatic carbocycles. The van der Waals surface area contributed by atoms with E-state index in [2.05, 4.69) is 30.6 Å². The second kappa shape index (κ2) is 18.6. The molecular weight excluding hydrogens is 676 g/mol. The number of rotatable bonds is 17. The van der Waals surface area contributed by atoms with Crippen LogP contribution in [0, 0.1) is 11.8 Å². The monoisotopic (exact) mass is 716 g/mol. The van der Waals surface area contributed by atoms with Crippen molar-refractivity contribution in [3.63, 3.8) is 0 Å². The van der Waals surface area contributed by atoms with Crippen molar-refractivity contribution < 1.29 is 47.7 Å². The number of hydrogen-bond donors (Lipinski definition) is 4. The molecule has 2 atom stereocenters. The zero-order chi connectivity index (χ0) is 37.6. The highest BCUT2D eigenvalue weighted by atomic mass is 16.6. The molecule has 2 unspecified atom stereocenters. The van der Waals surface area contributed by atoms with Crippen LogP contribution in [-0.4, -0.2) is 80.9 Å². The number of benzene rings is 2. The Morgan fingerprint density at radius 3 is 1.29 bits per heavy atom. The molecule has 4 N–H and O–H groups in total. The van der Waals surface area contributed by atoms with Crippen LogP contribution in [-0.2, 0) is 41.8 Å². The lowest BCUT2D eigenvalue weighted by Gasteiger charge is -2.20. The van der Waals surface area contributed by atoms with E-state index < -0.39 is 61.0 Å². The van der Waals surface area contributed by atoms with Crippen LogP contribution in [0.3, 0.4) is 0 Å². The van der Waals surface area contributed by atoms with E-state index in [4.69, 9.17) is 18.9 Å². The number of imidazole rings is 2. The molecule has 4 rings (SSSR count). The smallest absolute Gasteiger partial charge is 0.357 e. The van der Waals surface area contributed by atoms with Crippen LogP contribution in [0.15, 0.2) is 73.3 Å². The summed E-state index contributed by atoms with van der Waals surface area (Å²) in [4.78, 5) is 90.1. The third kappa shape index (κ3) is 10.6. The summed E-state index contributed by atoms with van der Waals surface area (Å²) in [5, 5.41) is 5.12. The molecule has 4 aromatic rings. The first-order valence-electron chi connectivity index (χ1n) is 16.4. The number of H-pyrrole nitrogens is 2. The molecule has 52 heavy (non-hydrogen) atoms. The fourth-order valence-electron chi connectivity index (χ4n) is 4.71. The minimum Gasteiger partial charge on any atom is -0.459 e.